The Morgan fingerprint density at radius 3 is 2.38 bits per heavy atom. The number of likely N-dealkylation sites (N-methyl/N-ethyl adjacent to an activating group) is 1. The summed E-state index contributed by atoms with van der Waals surface area (Å²) in [7, 11) is -3.12. The van der Waals surface area contributed by atoms with E-state index < -0.39 is 9.84 Å². The highest BCUT2D eigenvalue weighted by atomic mass is 32.2. The van der Waals surface area contributed by atoms with Gasteiger partial charge in [-0.15, -0.1) is 11.8 Å². The van der Waals surface area contributed by atoms with Crippen LogP contribution in [0, 0.1) is 0 Å². The predicted molar refractivity (Wildman–Crippen MR) is 88.7 cm³/mol. The van der Waals surface area contributed by atoms with Gasteiger partial charge in [0.25, 0.3) is 0 Å². The van der Waals surface area contributed by atoms with E-state index in [1.807, 2.05) is 26.0 Å². The van der Waals surface area contributed by atoms with Gasteiger partial charge in [-0.1, -0.05) is 6.92 Å². The van der Waals surface area contributed by atoms with Gasteiger partial charge in [0.15, 0.2) is 9.84 Å². The second-order valence-corrected chi connectivity index (χ2v) is 8.63. The zero-order valence-corrected chi connectivity index (χ0v) is 14.6. The smallest absolute Gasteiger partial charge is 0.175 e. The fraction of sp³-hybridized carbons (Fsp3) is 0.600. The number of aliphatic hydroxyl groups excluding tert-OH is 1. The summed E-state index contributed by atoms with van der Waals surface area (Å²) in [6.07, 6.45) is 3.11. The number of hydrogen-bond donors (Lipinski definition) is 2. The molecule has 2 N–H and O–H groups in total. The first-order valence-electron chi connectivity index (χ1n) is 7.09. The van der Waals surface area contributed by atoms with E-state index in [1.54, 1.807) is 23.9 Å². The first-order chi connectivity index (χ1) is 9.80. The Balaban J connectivity index is 2.43. The van der Waals surface area contributed by atoms with Crippen LogP contribution in [0.15, 0.2) is 34.1 Å². The molecule has 0 spiro atoms. The molecule has 0 fully saturated rings. The molecule has 0 bridgehead atoms. The molecule has 1 aromatic carbocycles. The third-order valence-electron chi connectivity index (χ3n) is 3.35. The van der Waals surface area contributed by atoms with Crippen LogP contribution in [0.5, 0.6) is 0 Å². The van der Waals surface area contributed by atoms with Gasteiger partial charge in [-0.25, -0.2) is 8.42 Å². The van der Waals surface area contributed by atoms with Crippen molar-refractivity contribution in [2.24, 2.45) is 0 Å². The minimum atomic E-state index is -3.12. The molecule has 1 rings (SSSR count). The molecule has 4 nitrogen and oxygen atoms in total. The first kappa shape index (κ1) is 18.5. The molecule has 0 heterocycles. The summed E-state index contributed by atoms with van der Waals surface area (Å²) < 4.78 is 22.7. The third kappa shape index (κ3) is 6.38. The highest BCUT2D eigenvalue weighted by molar-refractivity contribution is 7.99. The van der Waals surface area contributed by atoms with Crippen LogP contribution >= 0.6 is 11.8 Å². The summed E-state index contributed by atoms with van der Waals surface area (Å²) in [5.74, 6) is 0.944. The van der Waals surface area contributed by atoms with E-state index in [0.29, 0.717) is 4.90 Å². The molecule has 0 aliphatic carbocycles. The number of sulfone groups is 1. The summed E-state index contributed by atoms with van der Waals surface area (Å²) in [5, 5.41) is 12.7. The van der Waals surface area contributed by atoms with Crippen LogP contribution in [0.3, 0.4) is 0 Å². The fourth-order valence-corrected chi connectivity index (χ4v) is 3.57. The Morgan fingerprint density at radius 2 is 1.90 bits per heavy atom. The number of aliphatic hydroxyl groups is 1. The molecule has 1 unspecified atom stereocenters. The average molecular weight is 332 g/mol. The van der Waals surface area contributed by atoms with Gasteiger partial charge >= 0.3 is 0 Å². The Hall–Kier alpha value is -0.560. The van der Waals surface area contributed by atoms with E-state index in [1.165, 1.54) is 6.26 Å². The zero-order chi connectivity index (χ0) is 15.9. The van der Waals surface area contributed by atoms with Gasteiger partial charge in [-0.3, -0.25) is 0 Å². The van der Waals surface area contributed by atoms with Gasteiger partial charge in [0.1, 0.15) is 0 Å². The summed E-state index contributed by atoms with van der Waals surface area (Å²) in [6.45, 7) is 5.04. The minimum Gasteiger partial charge on any atom is -0.394 e. The predicted octanol–water partition coefficient (Wildman–Crippen LogP) is 2.32. The van der Waals surface area contributed by atoms with Gasteiger partial charge in [0.05, 0.1) is 11.5 Å². The lowest BCUT2D eigenvalue weighted by molar-refractivity contribution is 0.167. The van der Waals surface area contributed by atoms with Gasteiger partial charge in [0.2, 0.25) is 0 Å². The average Bonchev–Trinajstić information content (AvgIpc) is 2.43. The summed E-state index contributed by atoms with van der Waals surface area (Å²) in [4.78, 5) is 1.42. The quantitative estimate of drug-likeness (QED) is 0.537. The molecule has 0 aliphatic rings. The molecule has 21 heavy (non-hydrogen) atoms. The maximum absolute atomic E-state index is 11.4. The summed E-state index contributed by atoms with van der Waals surface area (Å²) in [5.41, 5.74) is -0.213. The largest absolute Gasteiger partial charge is 0.394 e. The zero-order valence-electron chi connectivity index (χ0n) is 12.9. The molecule has 0 aromatic heterocycles. The highest BCUT2D eigenvalue weighted by Gasteiger charge is 2.20. The molecular weight excluding hydrogens is 306 g/mol. The topological polar surface area (TPSA) is 66.4 Å². The molecule has 1 atom stereocenters. The van der Waals surface area contributed by atoms with Crippen molar-refractivity contribution < 1.29 is 13.5 Å². The Bertz CT molecular complexity index is 528. The van der Waals surface area contributed by atoms with Crippen LogP contribution in [0.25, 0.3) is 0 Å². The van der Waals surface area contributed by atoms with Crippen molar-refractivity contribution in [2.45, 2.75) is 42.0 Å². The molecule has 6 heteroatoms. The van der Waals surface area contributed by atoms with Crippen molar-refractivity contribution in [3.05, 3.63) is 24.3 Å². The van der Waals surface area contributed by atoms with Gasteiger partial charge in [0, 0.05) is 16.7 Å². The lowest BCUT2D eigenvalue weighted by atomic mass is 9.97. The van der Waals surface area contributed by atoms with E-state index in [9.17, 15) is 13.5 Å². The monoisotopic (exact) mass is 331 g/mol. The number of rotatable bonds is 9. The number of nitrogens with one attached hydrogen (secondary N) is 1. The van der Waals surface area contributed by atoms with E-state index in [2.05, 4.69) is 5.32 Å². The molecule has 1 aromatic rings. The Labute approximate surface area is 132 Å². The third-order valence-corrected chi connectivity index (χ3v) is 5.57. The van der Waals surface area contributed by atoms with Crippen LogP contribution in [-0.4, -0.2) is 44.2 Å². The maximum atomic E-state index is 11.4. The molecule has 0 radical (unpaired) electrons. The minimum absolute atomic E-state index is 0.133. The second kappa shape index (κ2) is 8.17. The molecular formula is C15H25NO3S2. The van der Waals surface area contributed by atoms with Crippen molar-refractivity contribution >= 4 is 21.6 Å². The van der Waals surface area contributed by atoms with E-state index >= 15 is 0 Å². The standard InChI is InChI=1S/C15H25NO3S2/c1-4-16-15(2,12-17)10-5-11-20-13-6-8-14(9-7-13)21(3,18)19/h6-9,16-17H,4-5,10-12H2,1-3H3. The SMILES string of the molecule is CCNC(C)(CO)CCCSc1ccc(S(C)(=O)=O)cc1. The lowest BCUT2D eigenvalue weighted by Crippen LogP contribution is -2.45. The molecule has 0 saturated carbocycles. The highest BCUT2D eigenvalue weighted by Crippen LogP contribution is 2.23. The van der Waals surface area contributed by atoms with Crippen LogP contribution in [0.1, 0.15) is 26.7 Å². The van der Waals surface area contributed by atoms with Crippen molar-refractivity contribution in [3.63, 3.8) is 0 Å². The van der Waals surface area contributed by atoms with Crippen LogP contribution in [0.2, 0.25) is 0 Å². The number of hydrogen-bond acceptors (Lipinski definition) is 5. The van der Waals surface area contributed by atoms with Crippen molar-refractivity contribution in [1.82, 2.24) is 5.32 Å². The van der Waals surface area contributed by atoms with E-state index in [-0.39, 0.29) is 12.1 Å². The molecule has 0 amide bonds. The van der Waals surface area contributed by atoms with Crippen LogP contribution in [0.4, 0.5) is 0 Å². The van der Waals surface area contributed by atoms with Gasteiger partial charge in [-0.05, 0) is 56.3 Å². The summed E-state index contributed by atoms with van der Waals surface area (Å²) >= 11 is 1.70. The van der Waals surface area contributed by atoms with Crippen LogP contribution < -0.4 is 5.32 Å². The molecule has 0 saturated heterocycles. The number of benzene rings is 1. The van der Waals surface area contributed by atoms with Crippen molar-refractivity contribution in [2.75, 3.05) is 25.2 Å². The van der Waals surface area contributed by atoms with E-state index in [0.717, 1.165) is 30.0 Å². The lowest BCUT2D eigenvalue weighted by Gasteiger charge is -2.28. The van der Waals surface area contributed by atoms with Crippen LogP contribution in [-0.2, 0) is 9.84 Å². The molecule has 120 valence electrons. The number of thioether (sulfide) groups is 1. The van der Waals surface area contributed by atoms with Crippen molar-refractivity contribution in [1.29, 1.82) is 0 Å². The normalized spacial score (nSPS) is 14.9. The Kier molecular flexibility index (Phi) is 7.20. The van der Waals surface area contributed by atoms with E-state index in [4.69, 9.17) is 0 Å². The first-order valence-corrected chi connectivity index (χ1v) is 9.97. The Morgan fingerprint density at radius 1 is 1.29 bits per heavy atom. The van der Waals surface area contributed by atoms with Crippen molar-refractivity contribution in [3.8, 4) is 0 Å². The van der Waals surface area contributed by atoms with Gasteiger partial charge < -0.3 is 10.4 Å². The second-order valence-electron chi connectivity index (χ2n) is 5.44. The van der Waals surface area contributed by atoms with Gasteiger partial charge in [-0.2, -0.15) is 0 Å². The molecule has 0 aliphatic heterocycles. The summed E-state index contributed by atoms with van der Waals surface area (Å²) in [6, 6.07) is 6.98. The fourth-order valence-electron chi connectivity index (χ4n) is 2.09. The maximum Gasteiger partial charge on any atom is 0.175 e.